The molecule has 0 aromatic heterocycles. The van der Waals surface area contributed by atoms with E-state index in [9.17, 15) is 0 Å². The molecule has 1 aromatic rings. The zero-order chi connectivity index (χ0) is 18.2. The molecule has 1 aliphatic carbocycles. The van der Waals surface area contributed by atoms with Crippen molar-refractivity contribution in [2.24, 2.45) is 5.92 Å². The minimum Gasteiger partial charge on any atom is -0.147 e. The Morgan fingerprint density at radius 1 is 1.00 bits per heavy atom. The van der Waals surface area contributed by atoms with Crippen LogP contribution >= 0.6 is 24.8 Å². The average molecular weight is 449 g/mol. The molecule has 1 aromatic carbocycles. The summed E-state index contributed by atoms with van der Waals surface area (Å²) in [6.45, 7) is 20.6. The molecule has 1 aliphatic rings. The standard InChI is InChI=1S/C10H14N.C9H13.C2H7Si.2ClH.Ti/c1-10(2,3)8-5-4-6-9(11)7-8;1-6-5-7(2)9(4)8(6)3;1-3-2;;;/h4-7,11H,1-3H3;6H,1-4H3;3H,1-2H3;2*1H;/q-1;;;;;+1. The molecule has 0 bridgehead atoms. The van der Waals surface area contributed by atoms with Crippen LogP contribution in [0.1, 0.15) is 54.0 Å². The van der Waals surface area contributed by atoms with Gasteiger partial charge in [0.1, 0.15) is 0 Å². The molecule has 1 unspecified atom stereocenters. The van der Waals surface area contributed by atoms with Crippen LogP contribution in [-0.2, 0) is 22.8 Å². The molecule has 0 saturated heterocycles. The third-order valence-electron chi connectivity index (χ3n) is 5.52. The summed E-state index contributed by atoms with van der Waals surface area (Å²) in [6.07, 6.45) is 0. The van der Waals surface area contributed by atoms with E-state index < -0.39 is 24.0 Å². The predicted molar refractivity (Wildman–Crippen MR) is 122 cm³/mol. The molecular weight excluding hydrogens is 413 g/mol. The first kappa shape index (κ1) is 26.0. The quantitative estimate of drug-likeness (QED) is 0.488. The van der Waals surface area contributed by atoms with Crippen molar-refractivity contribution in [1.29, 1.82) is 0 Å². The van der Waals surface area contributed by atoms with Crippen molar-refractivity contribution < 1.29 is 17.4 Å². The molecular formula is C21H36Cl2NSiTi. The van der Waals surface area contributed by atoms with Crippen LogP contribution in [0.5, 0.6) is 0 Å². The molecule has 5 heteroatoms. The number of nitrogens with one attached hydrogen (secondary N) is 1. The fraction of sp³-hybridized carbons (Fsp3) is 0.524. The molecule has 1 N–H and O–H groups in total. The Balaban J connectivity index is 0.00000312. The van der Waals surface area contributed by atoms with Gasteiger partial charge in [-0.25, -0.2) is 0 Å². The maximum absolute atomic E-state index is 4.08. The van der Waals surface area contributed by atoms with E-state index in [4.69, 9.17) is 0 Å². The zero-order valence-corrected chi connectivity index (χ0v) is 22.1. The maximum Gasteiger partial charge on any atom is -0.147 e. The number of hydrogen-bond acceptors (Lipinski definition) is 1. The molecule has 26 heavy (non-hydrogen) atoms. The van der Waals surface area contributed by atoms with Crippen molar-refractivity contribution in [3.8, 4) is 0 Å². The molecule has 0 spiro atoms. The molecule has 2 rings (SSSR count). The van der Waals surface area contributed by atoms with E-state index >= 15 is 0 Å². The summed E-state index contributed by atoms with van der Waals surface area (Å²) in [7, 11) is 0. The minimum atomic E-state index is -1.46. The SMILES string of the molecule is CC1=C(C)C(C)[C]([Ti]([NH]c2cccc(C(C)(C)C)c2)[SiH](C)C)=C1C.Cl.Cl. The zero-order valence-electron chi connectivity index (χ0n) is 17.8. The topological polar surface area (TPSA) is 12.0 Å². The van der Waals surface area contributed by atoms with Crippen molar-refractivity contribution in [1.82, 2.24) is 0 Å². The summed E-state index contributed by atoms with van der Waals surface area (Å²) in [5.74, 6) is 0.646. The van der Waals surface area contributed by atoms with Gasteiger partial charge in [0.2, 0.25) is 0 Å². The van der Waals surface area contributed by atoms with Crippen LogP contribution in [0, 0.1) is 5.92 Å². The predicted octanol–water partition coefficient (Wildman–Crippen LogP) is 7.02. The Hall–Kier alpha value is 0.0112. The third kappa shape index (κ3) is 5.52. The molecule has 0 fully saturated rings. The van der Waals surface area contributed by atoms with Crippen LogP contribution in [0.3, 0.4) is 0 Å². The maximum atomic E-state index is 4.08. The van der Waals surface area contributed by atoms with Crippen LogP contribution in [0.15, 0.2) is 44.9 Å². The van der Waals surface area contributed by atoms with Gasteiger partial charge in [0, 0.05) is 0 Å². The van der Waals surface area contributed by atoms with Gasteiger partial charge in [-0.15, -0.1) is 24.8 Å². The van der Waals surface area contributed by atoms with Crippen molar-refractivity contribution >= 4 is 37.2 Å². The number of allylic oxidation sites excluding steroid dienone is 4. The fourth-order valence-electron chi connectivity index (χ4n) is 3.54. The summed E-state index contributed by atoms with van der Waals surface area (Å²) < 4.78 is 5.88. The van der Waals surface area contributed by atoms with Crippen molar-refractivity contribution in [2.45, 2.75) is 67.0 Å². The summed E-state index contributed by atoms with van der Waals surface area (Å²) in [4.78, 5) is 0. The van der Waals surface area contributed by atoms with Crippen molar-refractivity contribution in [3.63, 3.8) is 0 Å². The Bertz CT molecular complexity index is 689. The normalized spacial score (nSPS) is 17.2. The molecule has 0 radical (unpaired) electrons. The van der Waals surface area contributed by atoms with Crippen molar-refractivity contribution in [3.05, 3.63) is 50.4 Å². The second-order valence-corrected chi connectivity index (χ2v) is 21.2. The van der Waals surface area contributed by atoms with Gasteiger partial charge >= 0.3 is 157 Å². The van der Waals surface area contributed by atoms with Gasteiger partial charge in [-0.1, -0.05) is 0 Å². The van der Waals surface area contributed by atoms with E-state index in [-0.39, 0.29) is 30.2 Å². The summed E-state index contributed by atoms with van der Waals surface area (Å²) >= 11 is -1.46. The Kier molecular flexibility index (Phi) is 9.98. The molecule has 0 saturated carbocycles. The first-order valence-electron chi connectivity index (χ1n) is 9.17. The van der Waals surface area contributed by atoms with Crippen LogP contribution in [-0.4, -0.2) is 6.66 Å². The molecule has 0 heterocycles. The van der Waals surface area contributed by atoms with Gasteiger partial charge in [-0.3, -0.25) is 0 Å². The number of anilines is 1. The monoisotopic (exact) mass is 448 g/mol. The summed E-state index contributed by atoms with van der Waals surface area (Å²) in [5.41, 5.74) is 7.70. The largest absolute Gasteiger partial charge is 0.147 e. The van der Waals surface area contributed by atoms with E-state index in [0.29, 0.717) is 5.92 Å². The van der Waals surface area contributed by atoms with Gasteiger partial charge < -0.3 is 0 Å². The van der Waals surface area contributed by atoms with Gasteiger partial charge in [0.25, 0.3) is 0 Å². The molecule has 0 amide bonds. The Morgan fingerprint density at radius 2 is 1.58 bits per heavy atom. The third-order valence-corrected chi connectivity index (χ3v) is 17.0. The smallest absolute Gasteiger partial charge is 0.147 e. The Labute approximate surface area is 180 Å². The number of halogens is 2. The van der Waals surface area contributed by atoms with Gasteiger partial charge in [0.05, 0.1) is 0 Å². The van der Waals surface area contributed by atoms with E-state index in [1.807, 2.05) is 0 Å². The average Bonchev–Trinajstić information content (AvgIpc) is 2.68. The summed E-state index contributed by atoms with van der Waals surface area (Å²) in [6, 6.07) is 9.12. The number of rotatable bonds is 4. The van der Waals surface area contributed by atoms with Crippen molar-refractivity contribution in [2.75, 3.05) is 3.80 Å². The van der Waals surface area contributed by atoms with E-state index in [1.165, 1.54) is 11.3 Å². The van der Waals surface area contributed by atoms with Crippen LogP contribution in [0.25, 0.3) is 0 Å². The molecule has 1 atom stereocenters. The molecule has 147 valence electrons. The van der Waals surface area contributed by atoms with E-state index in [2.05, 4.69) is 89.6 Å². The fourth-order valence-corrected chi connectivity index (χ4v) is 14.3. The minimum absolute atomic E-state index is 0. The van der Waals surface area contributed by atoms with Gasteiger partial charge in [0.15, 0.2) is 0 Å². The molecule has 0 aliphatic heterocycles. The second kappa shape index (κ2) is 9.98. The first-order chi connectivity index (χ1) is 11.0. The van der Waals surface area contributed by atoms with Crippen LogP contribution < -0.4 is 3.80 Å². The van der Waals surface area contributed by atoms with E-state index in [1.54, 1.807) is 20.6 Å². The van der Waals surface area contributed by atoms with Gasteiger partial charge in [-0.2, -0.15) is 0 Å². The second-order valence-electron chi connectivity index (χ2n) is 8.59. The van der Waals surface area contributed by atoms with Gasteiger partial charge in [-0.05, 0) is 0 Å². The number of benzene rings is 1. The number of hydrogen-bond donors (Lipinski definition) is 1. The molecule has 1 nitrogen and oxygen atoms in total. The van der Waals surface area contributed by atoms with Crippen LogP contribution in [0.4, 0.5) is 5.69 Å². The van der Waals surface area contributed by atoms with Crippen LogP contribution in [0.2, 0.25) is 13.1 Å². The first-order valence-corrected chi connectivity index (χ1v) is 16.3. The van der Waals surface area contributed by atoms with E-state index in [0.717, 1.165) is 0 Å². The Morgan fingerprint density at radius 3 is 2.00 bits per heavy atom. The summed E-state index contributed by atoms with van der Waals surface area (Å²) in [5, 5.41) is 0.